The van der Waals surface area contributed by atoms with Crippen LogP contribution in [-0.4, -0.2) is 20.3 Å². The topological polar surface area (TPSA) is 42.2 Å². The lowest BCUT2D eigenvalue weighted by Crippen LogP contribution is -2.03. The summed E-state index contributed by atoms with van der Waals surface area (Å²) in [4.78, 5) is 4.29. The van der Waals surface area contributed by atoms with Crippen molar-refractivity contribution >= 4 is 45.7 Å². The number of halogens is 3. The first kappa shape index (κ1) is 18.0. The normalized spacial score (nSPS) is 15.5. The average Bonchev–Trinajstić information content (AvgIpc) is 3.04. The fourth-order valence-corrected chi connectivity index (χ4v) is 4.41. The van der Waals surface area contributed by atoms with Gasteiger partial charge in [-0.1, -0.05) is 23.2 Å². The smallest absolute Gasteiger partial charge is 0.152 e. The van der Waals surface area contributed by atoms with Crippen molar-refractivity contribution in [1.29, 1.82) is 0 Å². The summed E-state index contributed by atoms with van der Waals surface area (Å²) in [7, 11) is 0. The summed E-state index contributed by atoms with van der Waals surface area (Å²) < 4.78 is 15.6. The van der Waals surface area contributed by atoms with E-state index in [-0.39, 0.29) is 0 Å². The monoisotopic (exact) mass is 412 g/mol. The summed E-state index contributed by atoms with van der Waals surface area (Å²) in [6.45, 7) is 2.64. The first-order valence-electron chi connectivity index (χ1n) is 8.64. The van der Waals surface area contributed by atoms with Crippen LogP contribution in [0.3, 0.4) is 0 Å². The molecule has 1 aliphatic carbocycles. The van der Waals surface area contributed by atoms with Crippen LogP contribution in [0.4, 0.5) is 10.1 Å². The molecule has 1 aliphatic rings. The van der Waals surface area contributed by atoms with Gasteiger partial charge in [-0.3, -0.25) is 0 Å². The number of hydrogen-bond acceptors (Lipinski definition) is 4. The second-order valence-corrected chi connectivity index (χ2v) is 8.54. The largest absolute Gasteiger partial charge is 0.377 e. The highest BCUT2D eigenvalue weighted by Gasteiger charge is 2.42. The molecule has 0 amide bonds. The van der Waals surface area contributed by atoms with Crippen LogP contribution in [0.1, 0.15) is 41.8 Å². The molecule has 1 saturated carbocycles. The van der Waals surface area contributed by atoms with Crippen LogP contribution in [0.5, 0.6) is 0 Å². The zero-order chi connectivity index (χ0) is 18.3. The molecule has 4 nitrogen and oxygen atoms in total. The molecule has 0 bridgehead atoms. The first-order valence-corrected chi connectivity index (χ1v) is 10.3. The SMILES string of the molecule is Cc1c(CCCC2(F)CC2)c(Cl)n2nc(Cl)cc(NCc3nccs3)c12. The van der Waals surface area contributed by atoms with Crippen LogP contribution in [0.15, 0.2) is 17.6 Å². The van der Waals surface area contributed by atoms with Crippen molar-refractivity contribution in [3.8, 4) is 0 Å². The zero-order valence-corrected chi connectivity index (χ0v) is 16.7. The standard InChI is InChI=1S/C18H19Cl2FN4S/c1-11-12(3-2-4-18(21)5-6-18)17(20)25-16(11)13(9-14(19)24-25)23-10-15-22-7-8-26-15/h7-9,23H,2-6,10H2,1H3. The van der Waals surface area contributed by atoms with E-state index in [0.717, 1.165) is 40.2 Å². The Labute approximate surface area is 165 Å². The number of nitrogens with zero attached hydrogens (tertiary/aromatic N) is 3. The maximum absolute atomic E-state index is 13.9. The van der Waals surface area contributed by atoms with Crippen molar-refractivity contribution in [3.05, 3.63) is 44.1 Å². The van der Waals surface area contributed by atoms with Crippen LogP contribution < -0.4 is 5.32 Å². The molecular weight excluding hydrogens is 394 g/mol. The number of thiazole rings is 1. The second-order valence-electron chi connectivity index (χ2n) is 6.82. The molecule has 0 spiro atoms. The number of aryl methyl sites for hydroxylation is 1. The highest BCUT2D eigenvalue weighted by Crippen LogP contribution is 2.44. The predicted octanol–water partition coefficient (Wildman–Crippen LogP) is 5.84. The highest BCUT2D eigenvalue weighted by molar-refractivity contribution is 7.09. The highest BCUT2D eigenvalue weighted by atomic mass is 35.5. The number of nitrogens with one attached hydrogen (secondary N) is 1. The van der Waals surface area contributed by atoms with E-state index in [1.165, 1.54) is 0 Å². The Morgan fingerprint density at radius 2 is 2.19 bits per heavy atom. The van der Waals surface area contributed by atoms with Gasteiger partial charge in [-0.15, -0.1) is 11.3 Å². The Kier molecular flexibility index (Phi) is 4.84. The third-order valence-corrected chi connectivity index (χ3v) is 6.28. The van der Waals surface area contributed by atoms with Gasteiger partial charge in [-0.2, -0.15) is 5.10 Å². The number of rotatable bonds is 7. The predicted molar refractivity (Wildman–Crippen MR) is 105 cm³/mol. The molecule has 4 rings (SSSR count). The van der Waals surface area contributed by atoms with Gasteiger partial charge in [0.1, 0.15) is 15.8 Å². The lowest BCUT2D eigenvalue weighted by Gasteiger charge is -2.08. The fourth-order valence-electron chi connectivity index (χ4n) is 3.31. The quantitative estimate of drug-likeness (QED) is 0.529. The Morgan fingerprint density at radius 1 is 1.38 bits per heavy atom. The Bertz CT molecular complexity index is 935. The van der Waals surface area contributed by atoms with E-state index in [0.29, 0.717) is 36.1 Å². The molecule has 0 aromatic carbocycles. The van der Waals surface area contributed by atoms with E-state index >= 15 is 0 Å². The minimum atomic E-state index is -0.929. The lowest BCUT2D eigenvalue weighted by atomic mass is 10.0. The Balaban J connectivity index is 1.62. The molecule has 1 N–H and O–H groups in total. The van der Waals surface area contributed by atoms with Gasteiger partial charge in [0.15, 0.2) is 5.15 Å². The third-order valence-electron chi connectivity index (χ3n) is 4.93. The molecule has 0 radical (unpaired) electrons. The molecule has 3 heterocycles. The van der Waals surface area contributed by atoms with Gasteiger partial charge in [0.25, 0.3) is 0 Å². The van der Waals surface area contributed by atoms with E-state index in [2.05, 4.69) is 15.4 Å². The summed E-state index contributed by atoms with van der Waals surface area (Å²) in [5.74, 6) is 0. The van der Waals surface area contributed by atoms with Crippen molar-refractivity contribution < 1.29 is 4.39 Å². The van der Waals surface area contributed by atoms with Crippen molar-refractivity contribution in [2.45, 2.75) is 51.2 Å². The van der Waals surface area contributed by atoms with Gasteiger partial charge in [-0.25, -0.2) is 13.9 Å². The number of aromatic nitrogens is 3. The Morgan fingerprint density at radius 3 is 2.88 bits per heavy atom. The van der Waals surface area contributed by atoms with Gasteiger partial charge in [0, 0.05) is 17.6 Å². The van der Waals surface area contributed by atoms with E-state index in [9.17, 15) is 4.39 Å². The summed E-state index contributed by atoms with van der Waals surface area (Å²) in [5, 5.41) is 11.6. The molecule has 138 valence electrons. The van der Waals surface area contributed by atoms with Crippen molar-refractivity contribution in [2.75, 3.05) is 5.32 Å². The second kappa shape index (κ2) is 6.98. The maximum Gasteiger partial charge on any atom is 0.152 e. The number of hydrogen-bond donors (Lipinski definition) is 1. The maximum atomic E-state index is 13.9. The molecule has 0 atom stereocenters. The van der Waals surface area contributed by atoms with Gasteiger partial charge in [0.2, 0.25) is 0 Å². The molecule has 3 aromatic rings. The molecule has 0 unspecified atom stereocenters. The van der Waals surface area contributed by atoms with E-state index in [1.807, 2.05) is 12.3 Å². The molecule has 0 aliphatic heterocycles. The molecular formula is C18H19Cl2FN4S. The molecule has 3 aromatic heterocycles. The average molecular weight is 413 g/mol. The van der Waals surface area contributed by atoms with Crippen molar-refractivity contribution in [2.24, 2.45) is 0 Å². The summed E-state index contributed by atoms with van der Waals surface area (Å²) in [6, 6.07) is 1.80. The van der Waals surface area contributed by atoms with Crippen molar-refractivity contribution in [3.63, 3.8) is 0 Å². The van der Waals surface area contributed by atoms with Crippen LogP contribution in [-0.2, 0) is 13.0 Å². The fraction of sp³-hybridized carbons (Fsp3) is 0.444. The summed E-state index contributed by atoms with van der Waals surface area (Å²) >= 11 is 14.4. The minimum absolute atomic E-state index is 0.364. The van der Waals surface area contributed by atoms with E-state index < -0.39 is 5.67 Å². The van der Waals surface area contributed by atoms with Gasteiger partial charge in [0.05, 0.1) is 17.7 Å². The van der Waals surface area contributed by atoms with Crippen LogP contribution in [0.25, 0.3) is 5.52 Å². The van der Waals surface area contributed by atoms with Crippen LogP contribution in [0.2, 0.25) is 10.3 Å². The molecule has 0 saturated heterocycles. The zero-order valence-electron chi connectivity index (χ0n) is 14.4. The van der Waals surface area contributed by atoms with E-state index in [4.69, 9.17) is 23.2 Å². The first-order chi connectivity index (χ1) is 12.5. The number of anilines is 1. The van der Waals surface area contributed by atoms with E-state index in [1.54, 1.807) is 28.1 Å². The van der Waals surface area contributed by atoms with Crippen LogP contribution in [0, 0.1) is 6.92 Å². The third kappa shape index (κ3) is 3.55. The molecule has 8 heteroatoms. The number of fused-ring (bicyclic) bond motifs is 1. The van der Waals surface area contributed by atoms with Crippen LogP contribution >= 0.6 is 34.5 Å². The van der Waals surface area contributed by atoms with Gasteiger partial charge < -0.3 is 5.32 Å². The summed E-state index contributed by atoms with van der Waals surface area (Å²) in [6.07, 6.45) is 5.29. The van der Waals surface area contributed by atoms with Crippen molar-refractivity contribution in [1.82, 2.24) is 14.6 Å². The summed E-state index contributed by atoms with van der Waals surface area (Å²) in [5.41, 5.74) is 2.93. The Hall–Kier alpha value is -1.37. The molecule has 26 heavy (non-hydrogen) atoms. The van der Waals surface area contributed by atoms with Gasteiger partial charge in [-0.05, 0) is 50.2 Å². The minimum Gasteiger partial charge on any atom is -0.377 e. The number of alkyl halides is 1. The molecule has 1 fully saturated rings. The lowest BCUT2D eigenvalue weighted by molar-refractivity contribution is 0.284. The van der Waals surface area contributed by atoms with Gasteiger partial charge >= 0.3 is 0 Å².